The molecular weight excluding hydrogens is 564 g/mol. The number of amides is 4. The molecule has 2 saturated heterocycles. The zero-order valence-electron chi connectivity index (χ0n) is 22.3. The molecule has 14 heteroatoms. The van der Waals surface area contributed by atoms with Gasteiger partial charge in [0.25, 0.3) is 21.9 Å². The van der Waals surface area contributed by atoms with Gasteiger partial charge in [0.2, 0.25) is 11.8 Å². The van der Waals surface area contributed by atoms with Crippen molar-refractivity contribution in [3.63, 3.8) is 0 Å². The van der Waals surface area contributed by atoms with Crippen LogP contribution in [0.2, 0.25) is 0 Å². The first-order valence-electron chi connectivity index (χ1n) is 14.0. The highest BCUT2D eigenvalue weighted by molar-refractivity contribution is 8.01. The van der Waals surface area contributed by atoms with E-state index in [0.29, 0.717) is 5.78 Å². The van der Waals surface area contributed by atoms with Gasteiger partial charge in [-0.1, -0.05) is 32.1 Å². The molecule has 2 aliphatic heterocycles. The summed E-state index contributed by atoms with van der Waals surface area (Å²) in [6.07, 6.45) is 9.99. The van der Waals surface area contributed by atoms with Gasteiger partial charge in [-0.05, 0) is 44.4 Å². The Morgan fingerprint density at radius 3 is 2.02 bits per heavy atom. The molecular formula is C26H36N2O10S2. The van der Waals surface area contributed by atoms with E-state index in [0.717, 1.165) is 63.1 Å². The Morgan fingerprint density at radius 2 is 1.43 bits per heavy atom. The van der Waals surface area contributed by atoms with Crippen molar-refractivity contribution in [3.8, 4) is 0 Å². The van der Waals surface area contributed by atoms with E-state index >= 15 is 0 Å². The minimum Gasteiger partial charge on any atom is -0.329 e. The van der Waals surface area contributed by atoms with Gasteiger partial charge in [0, 0.05) is 24.8 Å². The van der Waals surface area contributed by atoms with Crippen LogP contribution < -0.4 is 0 Å². The van der Waals surface area contributed by atoms with Gasteiger partial charge >= 0.3 is 5.97 Å². The number of carbonyl (C=O) groups excluding carboxylic acids is 6. The van der Waals surface area contributed by atoms with Crippen LogP contribution in [-0.2, 0) is 43.7 Å². The molecule has 4 aliphatic rings. The predicted molar refractivity (Wildman–Crippen MR) is 142 cm³/mol. The van der Waals surface area contributed by atoms with Gasteiger partial charge in [-0.2, -0.15) is 8.42 Å². The smallest absolute Gasteiger partial charge is 0.329 e. The predicted octanol–water partition coefficient (Wildman–Crippen LogP) is 2.06. The van der Waals surface area contributed by atoms with E-state index in [2.05, 4.69) is 4.84 Å². The number of thioether (sulfide) groups is 1. The SMILES string of the molecule is O=C(CSC1CC(=O)N(CC2CCC(C(=O)C3CCCCCCC3)CC2)C1=O)ON1C(=O)CC(S(=O)(=O)O)C1=O. The fourth-order valence-corrected chi connectivity index (χ4v) is 7.77. The van der Waals surface area contributed by atoms with Crippen molar-refractivity contribution >= 4 is 57.3 Å². The van der Waals surface area contributed by atoms with E-state index in [4.69, 9.17) is 4.55 Å². The highest BCUT2D eigenvalue weighted by Gasteiger charge is 2.48. The molecule has 2 unspecified atom stereocenters. The summed E-state index contributed by atoms with van der Waals surface area (Å²) in [5.74, 6) is -4.03. The molecule has 4 fully saturated rings. The minimum absolute atomic E-state index is 0.00750. The van der Waals surface area contributed by atoms with Crippen molar-refractivity contribution in [2.24, 2.45) is 17.8 Å². The third-order valence-corrected chi connectivity index (χ3v) is 10.7. The van der Waals surface area contributed by atoms with Crippen LogP contribution in [0.3, 0.4) is 0 Å². The number of imide groups is 2. The van der Waals surface area contributed by atoms with Crippen LogP contribution in [0.4, 0.5) is 0 Å². The van der Waals surface area contributed by atoms with Crippen LogP contribution >= 0.6 is 11.8 Å². The molecule has 4 amide bonds. The van der Waals surface area contributed by atoms with Crippen molar-refractivity contribution in [2.75, 3.05) is 12.3 Å². The van der Waals surface area contributed by atoms with Gasteiger partial charge in [-0.25, -0.2) is 4.79 Å². The van der Waals surface area contributed by atoms with Gasteiger partial charge in [0.1, 0.15) is 5.78 Å². The molecule has 1 N–H and O–H groups in total. The highest BCUT2D eigenvalue weighted by atomic mass is 32.2. The Morgan fingerprint density at radius 1 is 0.825 bits per heavy atom. The quantitative estimate of drug-likeness (QED) is 0.303. The molecule has 0 aromatic rings. The maximum Gasteiger partial charge on any atom is 0.343 e. The number of hydroxylamine groups is 2. The van der Waals surface area contributed by atoms with Gasteiger partial charge in [0.05, 0.1) is 17.4 Å². The first-order chi connectivity index (χ1) is 19.0. The Hall–Kier alpha value is -2.32. The highest BCUT2D eigenvalue weighted by Crippen LogP contribution is 2.36. The summed E-state index contributed by atoms with van der Waals surface area (Å²) in [4.78, 5) is 80.6. The van der Waals surface area contributed by atoms with Crippen LogP contribution in [0.25, 0.3) is 0 Å². The lowest BCUT2D eigenvalue weighted by atomic mass is 9.74. The van der Waals surface area contributed by atoms with Gasteiger partial charge in [0.15, 0.2) is 5.25 Å². The molecule has 0 radical (unpaired) electrons. The van der Waals surface area contributed by atoms with Crippen molar-refractivity contribution in [1.29, 1.82) is 0 Å². The van der Waals surface area contributed by atoms with E-state index in [1.807, 2.05) is 0 Å². The average Bonchev–Trinajstić information content (AvgIpc) is 3.32. The second-order valence-corrected chi connectivity index (χ2v) is 14.0. The first kappa shape index (κ1) is 30.6. The fourth-order valence-electron chi connectivity index (χ4n) is 6.14. The molecule has 0 bridgehead atoms. The Bertz CT molecular complexity index is 1140. The van der Waals surface area contributed by atoms with Crippen LogP contribution in [0, 0.1) is 17.8 Å². The third kappa shape index (κ3) is 7.30. The number of ketones is 1. The van der Waals surface area contributed by atoms with Gasteiger partial charge in [-0.3, -0.25) is 33.4 Å². The molecule has 40 heavy (non-hydrogen) atoms. The van der Waals surface area contributed by atoms with Crippen molar-refractivity contribution in [2.45, 2.75) is 94.0 Å². The number of nitrogens with zero attached hydrogens (tertiary/aromatic N) is 2. The lowest BCUT2D eigenvalue weighted by Crippen LogP contribution is -2.38. The largest absolute Gasteiger partial charge is 0.343 e. The summed E-state index contributed by atoms with van der Waals surface area (Å²) in [6, 6.07) is 0. The molecule has 0 aromatic heterocycles. The molecule has 4 rings (SSSR count). The third-order valence-electron chi connectivity index (χ3n) is 8.42. The summed E-state index contributed by atoms with van der Waals surface area (Å²) in [7, 11) is -4.84. The first-order valence-corrected chi connectivity index (χ1v) is 16.5. The van der Waals surface area contributed by atoms with Crippen LogP contribution in [0.1, 0.15) is 83.5 Å². The second kappa shape index (κ2) is 13.1. The number of hydrogen-bond donors (Lipinski definition) is 1. The Labute approximate surface area is 237 Å². The van der Waals surface area contributed by atoms with Crippen LogP contribution in [0.15, 0.2) is 0 Å². The van der Waals surface area contributed by atoms with E-state index in [9.17, 15) is 37.2 Å². The Balaban J connectivity index is 1.21. The molecule has 2 atom stereocenters. The van der Waals surface area contributed by atoms with E-state index in [-0.39, 0.29) is 41.7 Å². The number of likely N-dealkylation sites (tertiary alicyclic amines) is 1. The van der Waals surface area contributed by atoms with Crippen molar-refractivity contribution in [1.82, 2.24) is 9.96 Å². The van der Waals surface area contributed by atoms with Gasteiger partial charge in [-0.15, -0.1) is 16.8 Å². The maximum absolute atomic E-state index is 13.1. The van der Waals surface area contributed by atoms with E-state index in [1.54, 1.807) is 0 Å². The summed E-state index contributed by atoms with van der Waals surface area (Å²) in [5, 5.41) is -2.85. The van der Waals surface area contributed by atoms with Crippen molar-refractivity contribution < 1.29 is 46.6 Å². The lowest BCUT2D eigenvalue weighted by molar-refractivity contribution is -0.195. The molecule has 2 heterocycles. The molecule has 0 aromatic carbocycles. The second-order valence-electron chi connectivity index (χ2n) is 11.2. The zero-order valence-corrected chi connectivity index (χ0v) is 24.0. The average molecular weight is 601 g/mol. The summed E-state index contributed by atoms with van der Waals surface area (Å²) in [5.41, 5.74) is 0. The monoisotopic (exact) mass is 600 g/mol. The minimum atomic E-state index is -4.84. The fraction of sp³-hybridized carbons (Fsp3) is 0.769. The summed E-state index contributed by atoms with van der Waals surface area (Å²) >= 11 is 0.837. The van der Waals surface area contributed by atoms with Crippen LogP contribution in [0.5, 0.6) is 0 Å². The molecule has 222 valence electrons. The molecule has 12 nitrogen and oxygen atoms in total. The Kier molecular flexibility index (Phi) is 10.0. The summed E-state index contributed by atoms with van der Waals surface area (Å²) < 4.78 is 31.5. The molecule has 0 spiro atoms. The zero-order chi connectivity index (χ0) is 29.0. The standard InChI is InChI=1S/C26H36N2O10S2/c29-21-12-19(39-15-23(31)38-28-22(30)13-20(26(28)34)40(35,36)37)25(33)27(21)14-16-8-10-18(11-9-16)24(32)17-6-4-2-1-3-5-7-17/h16-20H,1-15H2,(H,35,36,37). The number of hydrogen-bond acceptors (Lipinski definition) is 10. The topological polar surface area (TPSA) is 172 Å². The lowest BCUT2D eigenvalue weighted by Gasteiger charge is -2.32. The number of carbonyl (C=O) groups is 6. The number of Topliss-reactive ketones (excluding diaryl/α,β-unsaturated/α-hetero) is 1. The normalized spacial score (nSPS) is 29.0. The summed E-state index contributed by atoms with van der Waals surface area (Å²) in [6.45, 7) is 0.275. The maximum atomic E-state index is 13.1. The molecule has 2 saturated carbocycles. The van der Waals surface area contributed by atoms with E-state index in [1.165, 1.54) is 24.2 Å². The van der Waals surface area contributed by atoms with E-state index < -0.39 is 56.5 Å². The van der Waals surface area contributed by atoms with Gasteiger partial charge < -0.3 is 4.84 Å². The number of rotatable bonds is 9. The van der Waals surface area contributed by atoms with Crippen LogP contribution in [-0.4, -0.2) is 81.1 Å². The molecule has 2 aliphatic carbocycles. The van der Waals surface area contributed by atoms with Crippen molar-refractivity contribution in [3.05, 3.63) is 0 Å².